The molecule has 0 aromatic carbocycles. The van der Waals surface area contributed by atoms with E-state index in [2.05, 4.69) is 15.0 Å². The van der Waals surface area contributed by atoms with Gasteiger partial charge in [0.15, 0.2) is 0 Å². The van der Waals surface area contributed by atoms with Crippen LogP contribution >= 0.6 is 0 Å². The summed E-state index contributed by atoms with van der Waals surface area (Å²) in [6.45, 7) is 0.293. The second-order valence-electron chi connectivity index (χ2n) is 2.75. The molecule has 0 saturated carbocycles. The lowest BCUT2D eigenvalue weighted by molar-refractivity contribution is 0.400. The maximum atomic E-state index is 5.46. The van der Waals surface area contributed by atoms with Crippen molar-refractivity contribution in [2.45, 2.75) is 6.54 Å². The van der Waals surface area contributed by atoms with E-state index in [0.717, 1.165) is 10.9 Å². The number of pyridine rings is 1. The Bertz CT molecular complexity index is 458. The van der Waals surface area contributed by atoms with Gasteiger partial charge in [-0.15, -0.1) is 0 Å². The van der Waals surface area contributed by atoms with Gasteiger partial charge >= 0.3 is 0 Å². The van der Waals surface area contributed by atoms with Crippen molar-refractivity contribution in [1.82, 2.24) is 15.0 Å². The minimum atomic E-state index is 0.293. The van der Waals surface area contributed by atoms with E-state index >= 15 is 0 Å². The van der Waals surface area contributed by atoms with E-state index in [1.165, 1.54) is 0 Å². The van der Waals surface area contributed by atoms with E-state index in [9.17, 15) is 0 Å². The zero-order valence-electron chi connectivity index (χ0n) is 7.77. The zero-order chi connectivity index (χ0) is 9.97. The fraction of sp³-hybridized carbons (Fsp3) is 0.222. The van der Waals surface area contributed by atoms with Crippen LogP contribution in [0.2, 0.25) is 0 Å². The van der Waals surface area contributed by atoms with Crippen molar-refractivity contribution in [1.29, 1.82) is 0 Å². The van der Waals surface area contributed by atoms with Crippen molar-refractivity contribution >= 4 is 10.9 Å². The van der Waals surface area contributed by atoms with E-state index in [1.54, 1.807) is 19.5 Å². The highest BCUT2D eigenvalue weighted by Crippen LogP contribution is 2.20. The Morgan fingerprint density at radius 3 is 3.00 bits per heavy atom. The first-order chi connectivity index (χ1) is 6.85. The normalized spacial score (nSPS) is 10.4. The summed E-state index contributed by atoms with van der Waals surface area (Å²) in [7, 11) is 1.57. The third kappa shape index (κ3) is 1.38. The van der Waals surface area contributed by atoms with Gasteiger partial charge in [-0.25, -0.2) is 4.98 Å². The van der Waals surface area contributed by atoms with Crippen molar-refractivity contribution in [2.24, 2.45) is 5.73 Å². The topological polar surface area (TPSA) is 73.9 Å². The maximum Gasteiger partial charge on any atom is 0.224 e. The molecule has 0 aliphatic rings. The Labute approximate surface area is 81.0 Å². The molecule has 14 heavy (non-hydrogen) atoms. The van der Waals surface area contributed by atoms with E-state index in [4.69, 9.17) is 10.5 Å². The molecule has 0 spiro atoms. The molecule has 0 unspecified atom stereocenters. The molecule has 2 aromatic heterocycles. The lowest BCUT2D eigenvalue weighted by atomic mass is 10.3. The highest BCUT2D eigenvalue weighted by molar-refractivity contribution is 5.82. The summed E-state index contributed by atoms with van der Waals surface area (Å²) >= 11 is 0. The first-order valence-electron chi connectivity index (χ1n) is 4.20. The molecule has 0 fully saturated rings. The van der Waals surface area contributed by atoms with Gasteiger partial charge in [-0.05, 0) is 6.07 Å². The summed E-state index contributed by atoms with van der Waals surface area (Å²) in [6.07, 6.45) is 3.34. The number of fused-ring (bicyclic) bond motifs is 1. The van der Waals surface area contributed by atoms with Crippen LogP contribution in [-0.4, -0.2) is 22.1 Å². The van der Waals surface area contributed by atoms with Gasteiger partial charge in [0.05, 0.1) is 30.8 Å². The molecule has 0 atom stereocenters. The monoisotopic (exact) mass is 190 g/mol. The average molecular weight is 190 g/mol. The summed E-state index contributed by atoms with van der Waals surface area (Å²) < 4.78 is 5.14. The molecular weight excluding hydrogens is 180 g/mol. The predicted octanol–water partition coefficient (Wildman–Crippen LogP) is 0.492. The van der Waals surface area contributed by atoms with Crippen molar-refractivity contribution in [3.05, 3.63) is 24.3 Å². The molecular formula is C9H10N4O. The quantitative estimate of drug-likeness (QED) is 0.746. The number of hydrogen-bond donors (Lipinski definition) is 1. The van der Waals surface area contributed by atoms with Crippen LogP contribution in [0.25, 0.3) is 10.9 Å². The molecule has 5 nitrogen and oxygen atoms in total. The van der Waals surface area contributed by atoms with Crippen LogP contribution in [0.15, 0.2) is 18.5 Å². The smallest absolute Gasteiger partial charge is 0.224 e. The Morgan fingerprint density at radius 2 is 2.29 bits per heavy atom. The average Bonchev–Trinajstić information content (AvgIpc) is 2.27. The Balaban J connectivity index is 2.73. The number of aromatic nitrogens is 3. The zero-order valence-corrected chi connectivity index (χ0v) is 7.77. The summed E-state index contributed by atoms with van der Waals surface area (Å²) in [5.41, 5.74) is 6.21. The van der Waals surface area contributed by atoms with Gasteiger partial charge < -0.3 is 10.5 Å². The molecule has 2 rings (SSSR count). The summed E-state index contributed by atoms with van der Waals surface area (Å²) in [5.74, 6) is 1.10. The van der Waals surface area contributed by atoms with Crippen molar-refractivity contribution < 1.29 is 4.74 Å². The number of nitrogens with zero attached hydrogens (tertiary/aromatic N) is 3. The largest absolute Gasteiger partial charge is 0.480 e. The molecule has 0 aliphatic heterocycles. The van der Waals surface area contributed by atoms with E-state index < -0.39 is 0 Å². The molecule has 0 aliphatic carbocycles. The molecule has 72 valence electrons. The number of nitrogens with two attached hydrogens (primary N) is 1. The maximum absolute atomic E-state index is 5.46. The lowest BCUT2D eigenvalue weighted by Crippen LogP contribution is -2.04. The van der Waals surface area contributed by atoms with Gasteiger partial charge in [-0.3, -0.25) is 4.98 Å². The molecule has 2 heterocycles. The number of hydrogen-bond acceptors (Lipinski definition) is 5. The van der Waals surface area contributed by atoms with Crippen LogP contribution in [-0.2, 0) is 6.54 Å². The summed E-state index contributed by atoms with van der Waals surface area (Å²) in [4.78, 5) is 12.4. The molecule has 5 heteroatoms. The van der Waals surface area contributed by atoms with Crippen molar-refractivity contribution in [3.63, 3.8) is 0 Å². The molecule has 0 amide bonds. The number of rotatable bonds is 2. The van der Waals surface area contributed by atoms with E-state index in [0.29, 0.717) is 18.2 Å². The van der Waals surface area contributed by atoms with Gasteiger partial charge in [0.1, 0.15) is 5.82 Å². The fourth-order valence-electron chi connectivity index (χ4n) is 1.24. The first-order valence-corrected chi connectivity index (χ1v) is 4.20. The lowest BCUT2D eigenvalue weighted by Gasteiger charge is -2.04. The summed E-state index contributed by atoms with van der Waals surface area (Å²) in [6, 6.07) is 1.81. The number of ether oxygens (including phenoxy) is 1. The van der Waals surface area contributed by atoms with Crippen molar-refractivity contribution in [2.75, 3.05) is 7.11 Å². The molecule has 0 saturated heterocycles. The molecule has 0 radical (unpaired) electrons. The molecule has 2 N–H and O–H groups in total. The Morgan fingerprint density at radius 1 is 1.43 bits per heavy atom. The van der Waals surface area contributed by atoms with E-state index in [-0.39, 0.29) is 0 Å². The highest BCUT2D eigenvalue weighted by atomic mass is 16.5. The van der Waals surface area contributed by atoms with E-state index in [1.807, 2.05) is 6.07 Å². The predicted molar refractivity (Wildman–Crippen MR) is 51.8 cm³/mol. The van der Waals surface area contributed by atoms with Gasteiger partial charge in [0.25, 0.3) is 0 Å². The Kier molecular flexibility index (Phi) is 2.24. The van der Waals surface area contributed by atoms with Gasteiger partial charge in [-0.1, -0.05) is 0 Å². The van der Waals surface area contributed by atoms with Crippen LogP contribution in [0.4, 0.5) is 0 Å². The fourth-order valence-corrected chi connectivity index (χ4v) is 1.24. The SMILES string of the molecule is COc1nc(CN)nc2cnccc12. The van der Waals surface area contributed by atoms with Gasteiger partial charge in [0, 0.05) is 6.20 Å². The third-order valence-corrected chi connectivity index (χ3v) is 1.89. The van der Waals surface area contributed by atoms with Crippen LogP contribution in [0.1, 0.15) is 5.82 Å². The second kappa shape index (κ2) is 3.55. The third-order valence-electron chi connectivity index (χ3n) is 1.89. The molecule has 0 bridgehead atoms. The summed E-state index contributed by atoms with van der Waals surface area (Å²) in [5, 5.41) is 0.847. The van der Waals surface area contributed by atoms with Gasteiger partial charge in [-0.2, -0.15) is 4.98 Å². The second-order valence-corrected chi connectivity index (χ2v) is 2.75. The first kappa shape index (κ1) is 8.83. The van der Waals surface area contributed by atoms with Crippen LogP contribution in [0, 0.1) is 0 Å². The van der Waals surface area contributed by atoms with Crippen LogP contribution in [0.5, 0.6) is 5.88 Å². The standard InChI is InChI=1S/C9H10N4O/c1-14-9-6-2-3-11-5-7(6)12-8(4-10)13-9/h2-3,5H,4,10H2,1H3. The molecule has 2 aromatic rings. The minimum Gasteiger partial charge on any atom is -0.480 e. The number of methoxy groups -OCH3 is 1. The van der Waals surface area contributed by atoms with Crippen molar-refractivity contribution in [3.8, 4) is 5.88 Å². The minimum absolute atomic E-state index is 0.293. The van der Waals surface area contributed by atoms with Crippen LogP contribution < -0.4 is 10.5 Å². The Hall–Kier alpha value is -1.75. The van der Waals surface area contributed by atoms with Crippen LogP contribution in [0.3, 0.4) is 0 Å². The van der Waals surface area contributed by atoms with Gasteiger partial charge in [0.2, 0.25) is 5.88 Å². The highest BCUT2D eigenvalue weighted by Gasteiger charge is 2.06.